The van der Waals surface area contributed by atoms with Gasteiger partial charge in [-0.15, -0.1) is 0 Å². The first-order valence-corrected chi connectivity index (χ1v) is 10.4. The highest BCUT2D eigenvalue weighted by Crippen LogP contribution is 2.46. The molecule has 0 radical (unpaired) electrons. The van der Waals surface area contributed by atoms with E-state index in [-0.39, 0.29) is 5.56 Å². The van der Waals surface area contributed by atoms with Crippen LogP contribution in [0.25, 0.3) is 75.4 Å². The molecule has 0 saturated carbocycles. The van der Waals surface area contributed by atoms with E-state index < -0.39 is 0 Å². The average molecular weight is 394 g/mol. The second kappa shape index (κ2) is 5.08. The van der Waals surface area contributed by atoms with Gasteiger partial charge in [-0.05, 0) is 88.9 Å². The fourth-order valence-electron chi connectivity index (χ4n) is 5.71. The number of aromatic nitrogens is 2. The van der Waals surface area contributed by atoms with Crippen molar-refractivity contribution in [2.75, 3.05) is 0 Å². The Bertz CT molecular complexity index is 2070. The number of nitrogens with one attached hydrogen (secondary N) is 1. The molecule has 3 heteroatoms. The lowest BCUT2D eigenvalue weighted by atomic mass is 9.84. The maximum atomic E-state index is 12.5. The SMILES string of the molecule is O=c1[nH]ncc2c1cc1ccc3cc4c5ccccc5cc5ccc6cc2c1c3c6c54. The van der Waals surface area contributed by atoms with Gasteiger partial charge >= 0.3 is 0 Å². The molecule has 1 aromatic heterocycles. The van der Waals surface area contributed by atoms with Gasteiger partial charge in [-0.3, -0.25) is 4.79 Å². The van der Waals surface area contributed by atoms with E-state index in [1.807, 2.05) is 6.07 Å². The topological polar surface area (TPSA) is 45.8 Å². The van der Waals surface area contributed by atoms with E-state index in [0.717, 1.165) is 16.2 Å². The Balaban J connectivity index is 1.77. The zero-order valence-corrected chi connectivity index (χ0v) is 16.4. The summed E-state index contributed by atoms with van der Waals surface area (Å²) in [4.78, 5) is 12.5. The molecule has 0 fully saturated rings. The lowest BCUT2D eigenvalue weighted by Gasteiger charge is -2.19. The van der Waals surface area contributed by atoms with Crippen LogP contribution >= 0.6 is 0 Å². The number of aromatic amines is 1. The molecule has 0 spiro atoms. The minimum absolute atomic E-state index is 0.147. The molecule has 0 saturated heterocycles. The Labute approximate surface area is 175 Å². The predicted octanol–water partition coefficient (Wildman–Crippen LogP) is 6.72. The molecular formula is C28H14N2O. The van der Waals surface area contributed by atoms with Crippen LogP contribution in [-0.4, -0.2) is 10.2 Å². The van der Waals surface area contributed by atoms with E-state index in [1.54, 1.807) is 6.20 Å². The predicted molar refractivity (Wildman–Crippen MR) is 130 cm³/mol. The molecule has 31 heavy (non-hydrogen) atoms. The van der Waals surface area contributed by atoms with E-state index in [9.17, 15) is 4.79 Å². The Hall–Kier alpha value is -4.24. The highest BCUT2D eigenvalue weighted by Gasteiger charge is 2.18. The van der Waals surface area contributed by atoms with Crippen LogP contribution in [0.15, 0.2) is 83.8 Å². The standard InChI is InChI=1S/C28H14N2O/c31-28-22-12-16-6-8-17-10-20-19-4-2-1-3-14(19)9-15-5-7-18-11-21(23(22)13-29-30-28)25(16)27(17)26(18)24(15)20/h1-13H,(H,30,31). The van der Waals surface area contributed by atoms with Gasteiger partial charge in [-0.25, -0.2) is 5.10 Å². The molecule has 142 valence electrons. The number of H-pyrrole nitrogens is 1. The number of nitrogens with zero attached hydrogens (tertiary/aromatic N) is 1. The minimum Gasteiger partial charge on any atom is -0.267 e. The summed E-state index contributed by atoms with van der Waals surface area (Å²) in [6.07, 6.45) is 1.78. The number of fused-ring (bicyclic) bond motifs is 4. The Morgan fingerprint density at radius 3 is 1.84 bits per heavy atom. The third-order valence-corrected chi connectivity index (χ3v) is 6.97. The van der Waals surface area contributed by atoms with E-state index >= 15 is 0 Å². The summed E-state index contributed by atoms with van der Waals surface area (Å²) in [5.74, 6) is 0. The Kier molecular flexibility index (Phi) is 2.55. The normalized spacial score (nSPS) is 12.6. The van der Waals surface area contributed by atoms with Gasteiger partial charge in [0.25, 0.3) is 5.56 Å². The number of rotatable bonds is 0. The smallest absolute Gasteiger partial charge is 0.267 e. The van der Waals surface area contributed by atoms with E-state index in [2.05, 4.69) is 76.9 Å². The van der Waals surface area contributed by atoms with E-state index in [0.29, 0.717) is 5.39 Å². The van der Waals surface area contributed by atoms with Crippen LogP contribution in [-0.2, 0) is 0 Å². The van der Waals surface area contributed by atoms with Crippen LogP contribution in [0.2, 0.25) is 0 Å². The summed E-state index contributed by atoms with van der Waals surface area (Å²) >= 11 is 0. The molecule has 1 N–H and O–H groups in total. The molecule has 0 aliphatic rings. The number of hydrogen-bond donors (Lipinski definition) is 1. The summed E-state index contributed by atoms with van der Waals surface area (Å²) in [5, 5.41) is 23.1. The van der Waals surface area contributed by atoms with Crippen LogP contribution in [0, 0.1) is 0 Å². The van der Waals surface area contributed by atoms with Crippen LogP contribution in [0.3, 0.4) is 0 Å². The van der Waals surface area contributed by atoms with Crippen LogP contribution < -0.4 is 5.56 Å². The first-order valence-electron chi connectivity index (χ1n) is 10.4. The largest absolute Gasteiger partial charge is 0.272 e. The van der Waals surface area contributed by atoms with Gasteiger partial charge in [-0.2, -0.15) is 5.10 Å². The highest BCUT2D eigenvalue weighted by molar-refractivity contribution is 6.40. The van der Waals surface area contributed by atoms with Crippen LogP contribution in [0.5, 0.6) is 0 Å². The lowest BCUT2D eigenvalue weighted by Crippen LogP contribution is -2.07. The average Bonchev–Trinajstić information content (AvgIpc) is 2.81. The lowest BCUT2D eigenvalue weighted by molar-refractivity contribution is 1.01. The van der Waals surface area contributed by atoms with Gasteiger partial charge in [-0.1, -0.05) is 48.5 Å². The van der Waals surface area contributed by atoms with Crippen molar-refractivity contribution < 1.29 is 0 Å². The summed E-state index contributed by atoms with van der Waals surface area (Å²) in [6.45, 7) is 0. The monoisotopic (exact) mass is 394 g/mol. The van der Waals surface area contributed by atoms with E-state index in [1.165, 1.54) is 53.9 Å². The minimum atomic E-state index is -0.147. The van der Waals surface area contributed by atoms with Crippen molar-refractivity contribution in [3.05, 3.63) is 89.3 Å². The molecule has 0 bridgehead atoms. The van der Waals surface area contributed by atoms with Crippen LogP contribution in [0.4, 0.5) is 0 Å². The van der Waals surface area contributed by atoms with Gasteiger partial charge in [0, 0.05) is 5.39 Å². The fraction of sp³-hybridized carbons (Fsp3) is 0. The highest BCUT2D eigenvalue weighted by atomic mass is 16.1. The summed E-state index contributed by atoms with van der Waals surface area (Å²) in [6, 6.07) is 26.3. The van der Waals surface area contributed by atoms with Crippen molar-refractivity contribution in [1.82, 2.24) is 10.2 Å². The molecule has 0 amide bonds. The number of hydrogen-bond acceptors (Lipinski definition) is 2. The molecule has 0 aliphatic heterocycles. The van der Waals surface area contributed by atoms with Gasteiger partial charge in [0.05, 0.1) is 11.6 Å². The zero-order valence-electron chi connectivity index (χ0n) is 16.4. The first-order chi connectivity index (χ1) is 15.3. The third-order valence-electron chi connectivity index (χ3n) is 6.97. The van der Waals surface area contributed by atoms with Crippen molar-refractivity contribution in [2.45, 2.75) is 0 Å². The fourth-order valence-corrected chi connectivity index (χ4v) is 5.71. The van der Waals surface area contributed by atoms with Gasteiger partial charge < -0.3 is 0 Å². The maximum Gasteiger partial charge on any atom is 0.272 e. The van der Waals surface area contributed by atoms with E-state index in [4.69, 9.17) is 0 Å². The maximum absolute atomic E-state index is 12.5. The summed E-state index contributed by atoms with van der Waals surface area (Å²) in [5.41, 5.74) is -0.147. The second-order valence-electron chi connectivity index (χ2n) is 8.51. The Morgan fingerprint density at radius 1 is 0.516 bits per heavy atom. The molecule has 8 rings (SSSR count). The van der Waals surface area contributed by atoms with Crippen molar-refractivity contribution in [1.29, 1.82) is 0 Å². The quantitative estimate of drug-likeness (QED) is 0.229. The number of benzene rings is 7. The molecule has 0 atom stereocenters. The molecular weight excluding hydrogens is 380 g/mol. The molecule has 3 nitrogen and oxygen atoms in total. The summed E-state index contributed by atoms with van der Waals surface area (Å²) in [7, 11) is 0. The summed E-state index contributed by atoms with van der Waals surface area (Å²) < 4.78 is 0. The first kappa shape index (κ1) is 15.6. The molecule has 0 unspecified atom stereocenters. The second-order valence-corrected chi connectivity index (χ2v) is 8.51. The van der Waals surface area contributed by atoms with Crippen LogP contribution in [0.1, 0.15) is 0 Å². The van der Waals surface area contributed by atoms with Gasteiger partial charge in [0.15, 0.2) is 0 Å². The molecule has 0 aliphatic carbocycles. The van der Waals surface area contributed by atoms with Crippen molar-refractivity contribution in [3.63, 3.8) is 0 Å². The zero-order chi connectivity index (χ0) is 20.3. The van der Waals surface area contributed by atoms with Gasteiger partial charge in [0.2, 0.25) is 0 Å². The van der Waals surface area contributed by atoms with Crippen molar-refractivity contribution in [3.8, 4) is 0 Å². The van der Waals surface area contributed by atoms with Gasteiger partial charge in [0.1, 0.15) is 0 Å². The molecule has 1 heterocycles. The molecule has 8 aromatic rings. The third kappa shape index (κ3) is 1.77. The molecule has 7 aromatic carbocycles. The van der Waals surface area contributed by atoms with Crippen molar-refractivity contribution >= 4 is 75.4 Å². The Morgan fingerprint density at radius 2 is 1.10 bits per heavy atom. The van der Waals surface area contributed by atoms with Crippen molar-refractivity contribution in [2.24, 2.45) is 0 Å².